The van der Waals surface area contributed by atoms with Gasteiger partial charge in [-0.05, 0) is 74.6 Å². The molecule has 0 saturated carbocycles. The molecule has 0 saturated heterocycles. The highest BCUT2D eigenvalue weighted by molar-refractivity contribution is 7.02. The molecule has 11 heteroatoms. The van der Waals surface area contributed by atoms with E-state index < -0.39 is 33.8 Å². The van der Waals surface area contributed by atoms with Crippen LogP contribution in [0.1, 0.15) is 12.8 Å². The van der Waals surface area contributed by atoms with E-state index in [1.165, 1.54) is 0 Å². The maximum atomic E-state index is 9.03. The van der Waals surface area contributed by atoms with Crippen LogP contribution in [0.5, 0.6) is 0 Å². The Bertz CT molecular complexity index is 891. The van der Waals surface area contributed by atoms with Gasteiger partial charge < -0.3 is 32.0 Å². The van der Waals surface area contributed by atoms with E-state index in [2.05, 4.69) is 87.8 Å². The minimum atomic E-state index is -3.16. The molecule has 2 N–H and O–H groups in total. The van der Waals surface area contributed by atoms with Gasteiger partial charge in [-0.2, -0.15) is 0 Å². The molecule has 0 unspecified atom stereocenters. The minimum Gasteiger partial charge on any atom is -0.436 e. The van der Waals surface area contributed by atoms with Crippen molar-refractivity contribution in [2.75, 3.05) is 39.6 Å². The zero-order valence-corrected chi connectivity index (χ0v) is 28.8. The first kappa shape index (κ1) is 34.2. The van der Waals surface area contributed by atoms with E-state index in [9.17, 15) is 0 Å². The Labute approximate surface area is 240 Å². The molecule has 0 atom stereocenters. The number of ether oxygens (including phenoxy) is 2. The van der Waals surface area contributed by atoms with E-state index in [1.807, 2.05) is 12.1 Å². The normalized spacial score (nSPS) is 13.1. The molecule has 0 amide bonds. The standard InChI is InChI=1S/C28H50O7Si4/c1-36(2,25-13-21-31-23-19-29)33-38(5,6)35-39(27-15-9-7-10-16-27,28-17-11-8-12-18-28)34-37(3,4)26-14-22-32-24-20-30/h7-12,15-18,29-30H,13-14,19-26H2,1-6H3. The van der Waals surface area contributed by atoms with Gasteiger partial charge in [0.15, 0.2) is 16.6 Å². The summed E-state index contributed by atoms with van der Waals surface area (Å²) in [6.07, 6.45) is 1.78. The van der Waals surface area contributed by atoms with Crippen LogP contribution in [0, 0.1) is 0 Å². The molecule has 0 aliphatic carbocycles. The second-order valence-electron chi connectivity index (χ2n) is 11.5. The number of benzene rings is 2. The maximum absolute atomic E-state index is 9.03. The van der Waals surface area contributed by atoms with E-state index in [0.29, 0.717) is 26.4 Å². The van der Waals surface area contributed by atoms with E-state index in [-0.39, 0.29) is 13.2 Å². The second kappa shape index (κ2) is 16.5. The van der Waals surface area contributed by atoms with Crippen molar-refractivity contribution >= 4 is 44.1 Å². The fraction of sp³-hybridized carbons (Fsp3) is 0.571. The largest absolute Gasteiger partial charge is 0.436 e. The molecule has 2 aromatic rings. The van der Waals surface area contributed by atoms with E-state index >= 15 is 0 Å². The molecule has 0 spiro atoms. The van der Waals surface area contributed by atoms with Crippen molar-refractivity contribution in [2.45, 2.75) is 64.2 Å². The van der Waals surface area contributed by atoms with Crippen LogP contribution in [0.3, 0.4) is 0 Å². The van der Waals surface area contributed by atoms with Gasteiger partial charge >= 0.3 is 17.1 Å². The lowest BCUT2D eigenvalue weighted by atomic mass is 10.4. The molecule has 0 aliphatic rings. The number of hydrogen-bond acceptors (Lipinski definition) is 7. The molecule has 0 aliphatic heterocycles. The van der Waals surface area contributed by atoms with Crippen LogP contribution >= 0.6 is 0 Å². The molecule has 0 radical (unpaired) electrons. The van der Waals surface area contributed by atoms with Crippen molar-refractivity contribution in [3.63, 3.8) is 0 Å². The van der Waals surface area contributed by atoms with Gasteiger partial charge in [-0.15, -0.1) is 0 Å². The third-order valence-corrected chi connectivity index (χ3v) is 22.2. The first-order chi connectivity index (χ1) is 18.5. The van der Waals surface area contributed by atoms with Crippen molar-refractivity contribution in [1.82, 2.24) is 0 Å². The van der Waals surface area contributed by atoms with Crippen molar-refractivity contribution in [3.8, 4) is 0 Å². The fourth-order valence-electron chi connectivity index (χ4n) is 4.79. The Morgan fingerprint density at radius 1 is 0.538 bits per heavy atom. The molecular weight excluding hydrogens is 561 g/mol. The lowest BCUT2D eigenvalue weighted by Gasteiger charge is -2.44. The van der Waals surface area contributed by atoms with Crippen LogP contribution in [0.25, 0.3) is 0 Å². The zero-order valence-electron chi connectivity index (χ0n) is 24.8. The molecule has 7 nitrogen and oxygen atoms in total. The molecule has 2 rings (SSSR count). The molecular formula is C28H50O7Si4. The number of hydrogen-bond donors (Lipinski definition) is 2. The van der Waals surface area contributed by atoms with Crippen molar-refractivity contribution in [1.29, 1.82) is 0 Å². The van der Waals surface area contributed by atoms with Crippen molar-refractivity contribution < 1.29 is 32.0 Å². The van der Waals surface area contributed by atoms with Gasteiger partial charge in [-0.25, -0.2) is 0 Å². The summed E-state index contributed by atoms with van der Waals surface area (Å²) in [6.45, 7) is 15.4. The minimum absolute atomic E-state index is 0.0399. The third kappa shape index (κ3) is 12.2. The third-order valence-electron chi connectivity index (χ3n) is 6.25. The Morgan fingerprint density at radius 3 is 1.36 bits per heavy atom. The summed E-state index contributed by atoms with van der Waals surface area (Å²) in [5.41, 5.74) is 0. The molecule has 220 valence electrons. The number of aliphatic hydroxyl groups excluding tert-OH is 2. The molecule has 0 fully saturated rings. The second-order valence-corrected chi connectivity index (χ2v) is 27.1. The number of aliphatic hydroxyl groups is 2. The molecule has 2 aromatic carbocycles. The van der Waals surface area contributed by atoms with E-state index in [4.69, 9.17) is 32.0 Å². The Kier molecular flexibility index (Phi) is 14.5. The highest BCUT2D eigenvalue weighted by Crippen LogP contribution is 2.28. The van der Waals surface area contributed by atoms with Crippen molar-refractivity contribution in [3.05, 3.63) is 60.7 Å². The first-order valence-corrected chi connectivity index (χ1v) is 24.9. The molecule has 0 aromatic heterocycles. The van der Waals surface area contributed by atoms with Gasteiger partial charge in [0.05, 0.1) is 26.4 Å². The van der Waals surface area contributed by atoms with Crippen LogP contribution < -0.4 is 10.4 Å². The topological polar surface area (TPSA) is 86.6 Å². The van der Waals surface area contributed by atoms with E-state index in [1.54, 1.807) is 0 Å². The summed E-state index contributed by atoms with van der Waals surface area (Å²) in [6, 6.07) is 22.7. The highest BCUT2D eigenvalue weighted by Gasteiger charge is 2.52. The van der Waals surface area contributed by atoms with Gasteiger partial charge in [0.1, 0.15) is 0 Å². The smallest absolute Gasteiger partial charge is 0.388 e. The first-order valence-electron chi connectivity index (χ1n) is 14.0. The average Bonchev–Trinajstić information content (AvgIpc) is 2.88. The summed E-state index contributed by atoms with van der Waals surface area (Å²) < 4.78 is 32.7. The predicted molar refractivity (Wildman–Crippen MR) is 168 cm³/mol. The Balaban J connectivity index is 2.37. The summed E-state index contributed by atoms with van der Waals surface area (Å²) >= 11 is 0. The summed E-state index contributed by atoms with van der Waals surface area (Å²) in [5, 5.41) is 20.2. The van der Waals surface area contributed by atoms with Gasteiger partial charge in [0, 0.05) is 13.2 Å². The average molecular weight is 611 g/mol. The quantitative estimate of drug-likeness (QED) is 0.172. The fourth-order valence-corrected chi connectivity index (χ4v) is 23.4. The summed E-state index contributed by atoms with van der Waals surface area (Å²) in [5.74, 6) is 0. The predicted octanol–water partition coefficient (Wildman–Crippen LogP) is 4.20. The van der Waals surface area contributed by atoms with Crippen LogP contribution in [-0.2, 0) is 21.8 Å². The summed E-state index contributed by atoms with van der Waals surface area (Å²) in [4.78, 5) is 0. The van der Waals surface area contributed by atoms with Crippen LogP contribution in [0.2, 0.25) is 51.4 Å². The summed E-state index contributed by atoms with van der Waals surface area (Å²) in [7, 11) is -10.1. The number of rotatable bonds is 20. The monoisotopic (exact) mass is 610 g/mol. The lowest BCUT2D eigenvalue weighted by molar-refractivity contribution is 0.0923. The van der Waals surface area contributed by atoms with Gasteiger partial charge in [0.25, 0.3) is 0 Å². The van der Waals surface area contributed by atoms with E-state index in [0.717, 1.165) is 35.3 Å². The Hall–Kier alpha value is -0.972. The van der Waals surface area contributed by atoms with Crippen LogP contribution in [0.4, 0.5) is 0 Å². The van der Waals surface area contributed by atoms with Gasteiger partial charge in [0.2, 0.25) is 0 Å². The SMILES string of the molecule is C[Si](C)(CCCOCCO)O[Si](C)(C)O[Si](O[Si](C)(C)CCCOCCO)(c1ccccc1)c1ccccc1. The zero-order chi connectivity index (χ0) is 28.8. The van der Waals surface area contributed by atoms with Gasteiger partial charge in [-0.1, -0.05) is 60.7 Å². The van der Waals surface area contributed by atoms with Crippen molar-refractivity contribution in [2.24, 2.45) is 0 Å². The Morgan fingerprint density at radius 2 is 0.949 bits per heavy atom. The highest BCUT2D eigenvalue weighted by atomic mass is 28.5. The van der Waals surface area contributed by atoms with Gasteiger partial charge in [-0.3, -0.25) is 0 Å². The molecule has 39 heavy (non-hydrogen) atoms. The maximum Gasteiger partial charge on any atom is 0.388 e. The molecule has 0 heterocycles. The lowest BCUT2D eigenvalue weighted by Crippen LogP contribution is -2.71. The van der Waals surface area contributed by atoms with Crippen LogP contribution in [0.15, 0.2) is 60.7 Å². The molecule has 0 bridgehead atoms. The van der Waals surface area contributed by atoms with Crippen LogP contribution in [-0.4, -0.2) is 83.6 Å².